The molecule has 6 nitrogen and oxygen atoms in total. The third-order valence-electron chi connectivity index (χ3n) is 4.36. The van der Waals surface area contributed by atoms with Crippen LogP contribution in [-0.4, -0.2) is 28.2 Å². The van der Waals surface area contributed by atoms with Gasteiger partial charge in [-0.25, -0.2) is 9.59 Å². The summed E-state index contributed by atoms with van der Waals surface area (Å²) < 4.78 is 5.14. The van der Waals surface area contributed by atoms with Crippen molar-refractivity contribution >= 4 is 23.0 Å². The van der Waals surface area contributed by atoms with Crippen molar-refractivity contribution in [2.75, 3.05) is 0 Å². The number of H-pyrrole nitrogens is 1. The zero-order chi connectivity index (χ0) is 18.5. The first-order chi connectivity index (χ1) is 12.6. The molecular formula is C20H20N2O4. The van der Waals surface area contributed by atoms with Crippen LogP contribution in [0, 0.1) is 0 Å². The van der Waals surface area contributed by atoms with Crippen molar-refractivity contribution in [3.63, 3.8) is 0 Å². The highest BCUT2D eigenvalue weighted by Gasteiger charge is 2.29. The Morgan fingerprint density at radius 2 is 1.81 bits per heavy atom. The fourth-order valence-corrected chi connectivity index (χ4v) is 2.94. The number of aliphatic carboxylic acids is 1. The Balaban J connectivity index is 1.70. The molecule has 1 aromatic heterocycles. The molecule has 3 rings (SSSR count). The number of para-hydroxylation sites is 1. The molecule has 0 spiro atoms. The van der Waals surface area contributed by atoms with E-state index in [2.05, 4.69) is 10.3 Å². The van der Waals surface area contributed by atoms with E-state index < -0.39 is 24.0 Å². The molecule has 2 aromatic carbocycles. The van der Waals surface area contributed by atoms with Crippen LogP contribution in [0.3, 0.4) is 0 Å². The fraction of sp³-hybridized carbons (Fsp3) is 0.200. The van der Waals surface area contributed by atoms with E-state index in [9.17, 15) is 14.7 Å². The Kier molecular flexibility index (Phi) is 5.22. The second kappa shape index (κ2) is 7.74. The largest absolute Gasteiger partial charge is 0.480 e. The standard InChI is InChI=1S/C20H20N2O4/c1-13(16-11-21-17-10-6-5-9-15(16)17)18(19(23)24)22-20(25)26-12-14-7-3-2-4-8-14/h2-11,13,18,21H,12H2,1H3,(H,22,25)(H,23,24). The first kappa shape index (κ1) is 17.5. The van der Waals surface area contributed by atoms with Crippen molar-refractivity contribution in [2.24, 2.45) is 0 Å². The number of carboxylic acid groups (broad SMARTS) is 1. The average Bonchev–Trinajstić information content (AvgIpc) is 3.08. The molecule has 3 N–H and O–H groups in total. The van der Waals surface area contributed by atoms with Crippen LogP contribution in [0.1, 0.15) is 24.0 Å². The number of hydrogen-bond donors (Lipinski definition) is 3. The summed E-state index contributed by atoms with van der Waals surface area (Å²) in [5.41, 5.74) is 2.58. The van der Waals surface area contributed by atoms with E-state index in [1.54, 1.807) is 13.1 Å². The molecule has 0 aliphatic rings. The topological polar surface area (TPSA) is 91.4 Å². The van der Waals surface area contributed by atoms with E-state index in [1.165, 1.54) is 0 Å². The van der Waals surface area contributed by atoms with Crippen molar-refractivity contribution < 1.29 is 19.4 Å². The van der Waals surface area contributed by atoms with Gasteiger partial charge in [-0.05, 0) is 17.2 Å². The number of rotatable bonds is 6. The summed E-state index contributed by atoms with van der Waals surface area (Å²) in [6.45, 7) is 1.85. The number of amides is 1. The van der Waals surface area contributed by atoms with Gasteiger partial charge in [0.2, 0.25) is 0 Å². The molecule has 0 bridgehead atoms. The number of benzene rings is 2. The quantitative estimate of drug-likeness (QED) is 0.631. The summed E-state index contributed by atoms with van der Waals surface area (Å²) in [5.74, 6) is -1.55. The summed E-state index contributed by atoms with van der Waals surface area (Å²) in [6.07, 6.45) is 1.02. The fourth-order valence-electron chi connectivity index (χ4n) is 2.94. The number of fused-ring (bicyclic) bond motifs is 1. The third-order valence-corrected chi connectivity index (χ3v) is 4.36. The summed E-state index contributed by atoms with van der Waals surface area (Å²) >= 11 is 0. The highest BCUT2D eigenvalue weighted by atomic mass is 16.5. The van der Waals surface area contributed by atoms with Crippen LogP contribution in [0.2, 0.25) is 0 Å². The zero-order valence-corrected chi connectivity index (χ0v) is 14.3. The number of nitrogens with one attached hydrogen (secondary N) is 2. The minimum atomic E-state index is -1.11. The second-order valence-corrected chi connectivity index (χ2v) is 6.10. The van der Waals surface area contributed by atoms with Crippen LogP contribution >= 0.6 is 0 Å². The van der Waals surface area contributed by atoms with Crippen molar-refractivity contribution in [1.82, 2.24) is 10.3 Å². The van der Waals surface area contributed by atoms with Gasteiger partial charge in [0.25, 0.3) is 0 Å². The Hall–Kier alpha value is -3.28. The molecule has 0 aliphatic heterocycles. The smallest absolute Gasteiger partial charge is 0.408 e. The van der Waals surface area contributed by atoms with Crippen LogP contribution in [-0.2, 0) is 16.1 Å². The molecule has 2 atom stereocenters. The molecular weight excluding hydrogens is 332 g/mol. The van der Waals surface area contributed by atoms with Crippen LogP contribution in [0.15, 0.2) is 60.8 Å². The van der Waals surface area contributed by atoms with Gasteiger partial charge in [0.05, 0.1) is 0 Å². The second-order valence-electron chi connectivity index (χ2n) is 6.10. The molecule has 0 radical (unpaired) electrons. The first-order valence-electron chi connectivity index (χ1n) is 8.32. The summed E-state index contributed by atoms with van der Waals surface area (Å²) in [6, 6.07) is 15.8. The van der Waals surface area contributed by atoms with Crippen molar-refractivity contribution in [3.05, 3.63) is 71.9 Å². The first-order valence-corrected chi connectivity index (χ1v) is 8.32. The summed E-state index contributed by atoms with van der Waals surface area (Å²) in [5, 5.41) is 13.0. The van der Waals surface area contributed by atoms with Crippen LogP contribution in [0.25, 0.3) is 10.9 Å². The van der Waals surface area contributed by atoms with Gasteiger partial charge in [-0.15, -0.1) is 0 Å². The number of ether oxygens (including phenoxy) is 1. The predicted molar refractivity (Wildman–Crippen MR) is 97.9 cm³/mol. The van der Waals surface area contributed by atoms with Crippen LogP contribution in [0.4, 0.5) is 4.79 Å². The van der Waals surface area contributed by atoms with Gasteiger partial charge in [-0.3, -0.25) is 0 Å². The van der Waals surface area contributed by atoms with Crippen LogP contribution in [0.5, 0.6) is 0 Å². The van der Waals surface area contributed by atoms with E-state index in [0.29, 0.717) is 0 Å². The number of carboxylic acids is 1. The lowest BCUT2D eigenvalue weighted by Gasteiger charge is -2.21. The molecule has 26 heavy (non-hydrogen) atoms. The lowest BCUT2D eigenvalue weighted by Crippen LogP contribution is -2.44. The van der Waals surface area contributed by atoms with Gasteiger partial charge in [-0.2, -0.15) is 0 Å². The highest BCUT2D eigenvalue weighted by molar-refractivity contribution is 5.86. The van der Waals surface area contributed by atoms with E-state index in [0.717, 1.165) is 22.0 Å². The van der Waals surface area contributed by atoms with Gasteiger partial charge in [0.1, 0.15) is 12.6 Å². The minimum absolute atomic E-state index is 0.0838. The Morgan fingerprint density at radius 1 is 1.12 bits per heavy atom. The maximum absolute atomic E-state index is 12.1. The van der Waals surface area contributed by atoms with Crippen molar-refractivity contribution in [3.8, 4) is 0 Å². The molecule has 1 heterocycles. The Labute approximate surface area is 150 Å². The van der Waals surface area contributed by atoms with Gasteiger partial charge in [0, 0.05) is 23.0 Å². The molecule has 2 unspecified atom stereocenters. The lowest BCUT2D eigenvalue weighted by atomic mass is 9.93. The minimum Gasteiger partial charge on any atom is -0.480 e. The number of hydrogen-bond acceptors (Lipinski definition) is 3. The molecule has 0 saturated heterocycles. The van der Waals surface area contributed by atoms with Crippen molar-refractivity contribution in [1.29, 1.82) is 0 Å². The maximum Gasteiger partial charge on any atom is 0.408 e. The van der Waals surface area contributed by atoms with E-state index in [1.807, 2.05) is 54.6 Å². The number of carbonyl (C=O) groups is 2. The summed E-state index contributed by atoms with van der Waals surface area (Å²) in [7, 11) is 0. The molecule has 1 amide bonds. The van der Waals surface area contributed by atoms with E-state index in [4.69, 9.17) is 4.74 Å². The highest BCUT2D eigenvalue weighted by Crippen LogP contribution is 2.27. The maximum atomic E-state index is 12.1. The van der Waals surface area contributed by atoms with Crippen LogP contribution < -0.4 is 5.32 Å². The Morgan fingerprint density at radius 3 is 2.54 bits per heavy atom. The van der Waals surface area contributed by atoms with Gasteiger partial charge in [0.15, 0.2) is 0 Å². The van der Waals surface area contributed by atoms with E-state index >= 15 is 0 Å². The van der Waals surface area contributed by atoms with E-state index in [-0.39, 0.29) is 6.61 Å². The van der Waals surface area contributed by atoms with Gasteiger partial charge >= 0.3 is 12.1 Å². The Bertz CT molecular complexity index is 904. The third kappa shape index (κ3) is 3.85. The molecule has 6 heteroatoms. The summed E-state index contributed by atoms with van der Waals surface area (Å²) in [4.78, 5) is 26.9. The number of carbonyl (C=O) groups excluding carboxylic acids is 1. The SMILES string of the molecule is CC(c1c[nH]c2ccccc12)C(NC(=O)OCc1ccccc1)C(=O)O. The monoisotopic (exact) mass is 352 g/mol. The van der Waals surface area contributed by atoms with Gasteiger partial charge in [-0.1, -0.05) is 55.5 Å². The predicted octanol–water partition coefficient (Wildman–Crippen LogP) is 3.65. The molecule has 0 saturated carbocycles. The number of aromatic nitrogens is 1. The van der Waals surface area contributed by atoms with Crippen molar-refractivity contribution in [2.45, 2.75) is 25.5 Å². The molecule has 3 aromatic rings. The normalized spacial score (nSPS) is 13.1. The lowest BCUT2D eigenvalue weighted by molar-refractivity contribution is -0.139. The average molecular weight is 352 g/mol. The number of alkyl carbamates (subject to hydrolysis) is 1. The van der Waals surface area contributed by atoms with Gasteiger partial charge < -0.3 is 20.1 Å². The molecule has 134 valence electrons. The zero-order valence-electron chi connectivity index (χ0n) is 14.3. The molecule has 0 fully saturated rings. The molecule has 0 aliphatic carbocycles. The number of aromatic amines is 1.